The Kier molecular flexibility index (Phi) is 5.28. The molecule has 0 aliphatic rings. The topological polar surface area (TPSA) is 46.3 Å². The fourth-order valence-corrected chi connectivity index (χ4v) is 1.71. The zero-order valence-electron chi connectivity index (χ0n) is 11.2. The maximum Gasteiger partial charge on any atom is 0.239 e. The highest BCUT2D eigenvalue weighted by Crippen LogP contribution is 2.12. The van der Waals surface area contributed by atoms with E-state index in [2.05, 4.69) is 0 Å². The molecule has 3 nitrogen and oxygen atoms in total. The molecule has 0 heterocycles. The summed E-state index contributed by atoms with van der Waals surface area (Å²) in [5.41, 5.74) is 6.38. The van der Waals surface area contributed by atoms with Crippen molar-refractivity contribution < 1.29 is 9.18 Å². The molecule has 1 amide bonds. The normalized spacial score (nSPS) is 14.1. The Balaban J connectivity index is 2.68. The van der Waals surface area contributed by atoms with Crippen LogP contribution >= 0.6 is 0 Å². The van der Waals surface area contributed by atoms with Gasteiger partial charge in [0.25, 0.3) is 0 Å². The van der Waals surface area contributed by atoms with Crippen molar-refractivity contribution in [2.75, 3.05) is 7.05 Å². The number of carbonyl (C=O) groups excluding carboxylic acids is 1. The van der Waals surface area contributed by atoms with Gasteiger partial charge in [0.05, 0.1) is 6.04 Å². The third kappa shape index (κ3) is 3.53. The van der Waals surface area contributed by atoms with E-state index in [4.69, 9.17) is 5.73 Å². The zero-order valence-corrected chi connectivity index (χ0v) is 11.2. The summed E-state index contributed by atoms with van der Waals surface area (Å²) in [5.74, 6) is -0.317. The number of likely N-dealkylation sites (N-methyl/N-ethyl adjacent to an activating group) is 1. The third-order valence-electron chi connectivity index (χ3n) is 3.28. The predicted octanol–water partition coefficient (Wildman–Crippen LogP) is 2.16. The maximum absolute atomic E-state index is 13.5. The lowest BCUT2D eigenvalue weighted by molar-refractivity contribution is -0.133. The molecule has 1 unspecified atom stereocenters. The van der Waals surface area contributed by atoms with Crippen LogP contribution in [0.3, 0.4) is 0 Å². The van der Waals surface area contributed by atoms with Crippen molar-refractivity contribution in [2.24, 2.45) is 11.7 Å². The lowest BCUT2D eigenvalue weighted by atomic mass is 9.99. The Morgan fingerprint density at radius 3 is 2.61 bits per heavy atom. The van der Waals surface area contributed by atoms with Crippen LogP contribution in [0.2, 0.25) is 0 Å². The van der Waals surface area contributed by atoms with Crippen LogP contribution in [0.15, 0.2) is 24.3 Å². The molecule has 1 rings (SSSR count). The molecule has 0 aliphatic heterocycles. The first kappa shape index (κ1) is 14.6. The number of rotatable bonds is 5. The summed E-state index contributed by atoms with van der Waals surface area (Å²) in [6, 6.07) is 5.93. The molecule has 0 aromatic heterocycles. The molecule has 0 aliphatic carbocycles. The highest BCUT2D eigenvalue weighted by atomic mass is 19.1. The fourth-order valence-electron chi connectivity index (χ4n) is 1.71. The van der Waals surface area contributed by atoms with E-state index in [1.165, 1.54) is 11.0 Å². The summed E-state index contributed by atoms with van der Waals surface area (Å²) < 4.78 is 13.5. The number of halogens is 1. The van der Waals surface area contributed by atoms with Gasteiger partial charge >= 0.3 is 0 Å². The first-order valence-corrected chi connectivity index (χ1v) is 6.21. The molecule has 0 bridgehead atoms. The smallest absolute Gasteiger partial charge is 0.239 e. The molecule has 18 heavy (non-hydrogen) atoms. The van der Waals surface area contributed by atoms with E-state index in [0.29, 0.717) is 5.56 Å². The highest BCUT2D eigenvalue weighted by molar-refractivity contribution is 5.81. The summed E-state index contributed by atoms with van der Waals surface area (Å²) in [5, 5.41) is 0. The molecule has 4 heteroatoms. The van der Waals surface area contributed by atoms with E-state index >= 15 is 0 Å². The molecule has 100 valence electrons. The van der Waals surface area contributed by atoms with Gasteiger partial charge in [-0.25, -0.2) is 4.39 Å². The molecule has 0 spiro atoms. The number of amides is 1. The van der Waals surface area contributed by atoms with Gasteiger partial charge in [0.1, 0.15) is 5.82 Å². The van der Waals surface area contributed by atoms with E-state index in [-0.39, 0.29) is 24.2 Å². The Bertz CT molecular complexity index is 409. The molecule has 0 saturated heterocycles. The van der Waals surface area contributed by atoms with Crippen molar-refractivity contribution in [3.8, 4) is 0 Å². The number of hydrogen-bond donors (Lipinski definition) is 1. The Morgan fingerprint density at radius 1 is 1.44 bits per heavy atom. The standard InChI is InChI=1S/C14H21FN2O/c1-4-10(2)13(16)14(18)17(3)9-11-7-5-6-8-12(11)15/h5-8,10,13H,4,9,16H2,1-3H3/t10?,13-/m0/s1. The van der Waals surface area contributed by atoms with Gasteiger partial charge in [-0.2, -0.15) is 0 Å². The SMILES string of the molecule is CCC(C)[C@H](N)C(=O)N(C)Cc1ccccc1F. The zero-order chi connectivity index (χ0) is 13.7. The Hall–Kier alpha value is -1.42. The van der Waals surface area contributed by atoms with Crippen LogP contribution in [0.25, 0.3) is 0 Å². The van der Waals surface area contributed by atoms with Crippen LogP contribution in [0.5, 0.6) is 0 Å². The maximum atomic E-state index is 13.5. The van der Waals surface area contributed by atoms with Crippen molar-refractivity contribution in [1.82, 2.24) is 4.90 Å². The average Bonchev–Trinajstić information content (AvgIpc) is 2.38. The van der Waals surface area contributed by atoms with Gasteiger partial charge in [-0.1, -0.05) is 38.5 Å². The van der Waals surface area contributed by atoms with Crippen LogP contribution < -0.4 is 5.73 Å². The minimum absolute atomic E-state index is 0.126. The van der Waals surface area contributed by atoms with Crippen LogP contribution in [0.4, 0.5) is 4.39 Å². The van der Waals surface area contributed by atoms with Gasteiger partial charge in [-0.05, 0) is 12.0 Å². The molecule has 1 aromatic carbocycles. The van der Waals surface area contributed by atoms with Crippen molar-refractivity contribution in [2.45, 2.75) is 32.9 Å². The second-order valence-electron chi connectivity index (χ2n) is 4.70. The second-order valence-corrected chi connectivity index (χ2v) is 4.70. The van der Waals surface area contributed by atoms with Gasteiger partial charge in [0.2, 0.25) is 5.91 Å². The van der Waals surface area contributed by atoms with E-state index in [1.807, 2.05) is 13.8 Å². The molecule has 0 radical (unpaired) electrons. The summed E-state index contributed by atoms with van der Waals surface area (Å²) in [6.07, 6.45) is 0.848. The minimum Gasteiger partial charge on any atom is -0.340 e. The van der Waals surface area contributed by atoms with E-state index < -0.39 is 6.04 Å². The van der Waals surface area contributed by atoms with E-state index in [0.717, 1.165) is 6.42 Å². The van der Waals surface area contributed by atoms with Crippen LogP contribution in [-0.2, 0) is 11.3 Å². The van der Waals surface area contributed by atoms with E-state index in [9.17, 15) is 9.18 Å². The van der Waals surface area contributed by atoms with Crippen LogP contribution in [0.1, 0.15) is 25.8 Å². The van der Waals surface area contributed by atoms with Gasteiger partial charge in [-0.15, -0.1) is 0 Å². The second kappa shape index (κ2) is 6.50. The van der Waals surface area contributed by atoms with Crippen LogP contribution in [0, 0.1) is 11.7 Å². The third-order valence-corrected chi connectivity index (χ3v) is 3.28. The van der Waals surface area contributed by atoms with Gasteiger partial charge in [-0.3, -0.25) is 4.79 Å². The highest BCUT2D eigenvalue weighted by Gasteiger charge is 2.23. The summed E-state index contributed by atoms with van der Waals surface area (Å²) in [4.78, 5) is 13.5. The number of nitrogens with zero attached hydrogens (tertiary/aromatic N) is 1. The molecule has 1 aromatic rings. The lowest BCUT2D eigenvalue weighted by Crippen LogP contribution is -2.45. The molecular weight excluding hydrogens is 231 g/mol. The van der Waals surface area contributed by atoms with Crippen molar-refractivity contribution in [3.63, 3.8) is 0 Å². The van der Waals surface area contributed by atoms with Gasteiger partial charge in [0.15, 0.2) is 0 Å². The monoisotopic (exact) mass is 252 g/mol. The van der Waals surface area contributed by atoms with E-state index in [1.54, 1.807) is 25.2 Å². The van der Waals surface area contributed by atoms with Crippen molar-refractivity contribution in [3.05, 3.63) is 35.6 Å². The average molecular weight is 252 g/mol. The predicted molar refractivity (Wildman–Crippen MR) is 70.3 cm³/mol. The number of nitrogens with two attached hydrogens (primary N) is 1. The minimum atomic E-state index is -0.522. The molecular formula is C14H21FN2O. The van der Waals surface area contributed by atoms with Crippen molar-refractivity contribution in [1.29, 1.82) is 0 Å². The lowest BCUT2D eigenvalue weighted by Gasteiger charge is -2.24. The molecule has 0 fully saturated rings. The number of benzene rings is 1. The van der Waals surface area contributed by atoms with Crippen LogP contribution in [-0.4, -0.2) is 23.9 Å². The van der Waals surface area contributed by atoms with Gasteiger partial charge in [0, 0.05) is 19.2 Å². The summed E-state index contributed by atoms with van der Waals surface area (Å²) >= 11 is 0. The molecule has 2 N–H and O–H groups in total. The molecule has 2 atom stereocenters. The largest absolute Gasteiger partial charge is 0.340 e. The first-order valence-electron chi connectivity index (χ1n) is 6.21. The Morgan fingerprint density at radius 2 is 2.06 bits per heavy atom. The fraction of sp³-hybridized carbons (Fsp3) is 0.500. The van der Waals surface area contributed by atoms with Gasteiger partial charge < -0.3 is 10.6 Å². The molecule has 0 saturated carbocycles. The summed E-state index contributed by atoms with van der Waals surface area (Å²) in [7, 11) is 1.65. The Labute approximate surface area is 108 Å². The number of hydrogen-bond acceptors (Lipinski definition) is 2. The number of carbonyl (C=O) groups is 1. The quantitative estimate of drug-likeness (QED) is 0.873. The van der Waals surface area contributed by atoms with Crippen molar-refractivity contribution >= 4 is 5.91 Å². The first-order chi connectivity index (χ1) is 8.47. The summed E-state index contributed by atoms with van der Waals surface area (Å²) in [6.45, 7) is 4.18.